The zero-order chi connectivity index (χ0) is 15.6. The van der Waals surface area contributed by atoms with Crippen LogP contribution in [0.4, 0.5) is 9.18 Å². The fourth-order valence-electron chi connectivity index (χ4n) is 2.64. The molecule has 0 bridgehead atoms. The van der Waals surface area contributed by atoms with Gasteiger partial charge in [0.15, 0.2) is 0 Å². The second-order valence-electron chi connectivity index (χ2n) is 5.56. The van der Waals surface area contributed by atoms with Crippen molar-refractivity contribution in [2.45, 2.75) is 13.5 Å². The van der Waals surface area contributed by atoms with E-state index < -0.39 is 11.9 Å². The van der Waals surface area contributed by atoms with Gasteiger partial charge in [-0.2, -0.15) is 0 Å². The predicted molar refractivity (Wildman–Crippen MR) is 75.1 cm³/mol. The molecule has 1 fully saturated rings. The molecule has 2 rings (SSSR count). The minimum Gasteiger partial charge on any atom is -0.481 e. The number of urea groups is 1. The molecular formula is C15H19FN2O3. The van der Waals surface area contributed by atoms with Crippen LogP contribution in [0.5, 0.6) is 0 Å². The summed E-state index contributed by atoms with van der Waals surface area (Å²) in [6.07, 6.45) is 0. The lowest BCUT2D eigenvalue weighted by Crippen LogP contribution is -2.40. The van der Waals surface area contributed by atoms with E-state index in [9.17, 15) is 14.0 Å². The average molecular weight is 294 g/mol. The molecule has 0 radical (unpaired) electrons. The summed E-state index contributed by atoms with van der Waals surface area (Å²) in [5.41, 5.74) is 0.440. The van der Waals surface area contributed by atoms with E-state index in [1.165, 1.54) is 15.9 Å². The van der Waals surface area contributed by atoms with Crippen LogP contribution < -0.4 is 0 Å². The van der Waals surface area contributed by atoms with E-state index in [0.717, 1.165) is 0 Å². The third-order valence-electron chi connectivity index (χ3n) is 3.89. The Balaban J connectivity index is 2.01. The summed E-state index contributed by atoms with van der Waals surface area (Å²) in [6, 6.07) is 6.03. The summed E-state index contributed by atoms with van der Waals surface area (Å²) >= 11 is 0. The zero-order valence-electron chi connectivity index (χ0n) is 12.1. The monoisotopic (exact) mass is 294 g/mol. The SMILES string of the molecule is C[C@@H]1CN(C(=O)N(C)Cc2ccccc2F)C[C@H]1C(=O)O. The molecule has 1 N–H and O–H groups in total. The first-order valence-corrected chi connectivity index (χ1v) is 6.86. The number of hydrogen-bond acceptors (Lipinski definition) is 2. The summed E-state index contributed by atoms with van der Waals surface area (Å²) < 4.78 is 13.6. The largest absolute Gasteiger partial charge is 0.481 e. The number of hydrogen-bond donors (Lipinski definition) is 1. The maximum Gasteiger partial charge on any atom is 0.320 e. The van der Waals surface area contributed by atoms with Gasteiger partial charge >= 0.3 is 12.0 Å². The summed E-state index contributed by atoms with van der Waals surface area (Å²) in [5, 5.41) is 9.09. The van der Waals surface area contributed by atoms with Crippen molar-refractivity contribution in [1.29, 1.82) is 0 Å². The first-order valence-electron chi connectivity index (χ1n) is 6.86. The van der Waals surface area contributed by atoms with Gasteiger partial charge in [-0.05, 0) is 12.0 Å². The van der Waals surface area contributed by atoms with E-state index in [1.54, 1.807) is 25.2 Å². The number of carbonyl (C=O) groups excluding carboxylic acids is 1. The van der Waals surface area contributed by atoms with Crippen molar-refractivity contribution in [2.75, 3.05) is 20.1 Å². The van der Waals surface area contributed by atoms with Crippen LogP contribution in [-0.4, -0.2) is 47.0 Å². The molecule has 0 spiro atoms. The molecule has 21 heavy (non-hydrogen) atoms. The van der Waals surface area contributed by atoms with Crippen LogP contribution in [0.15, 0.2) is 24.3 Å². The highest BCUT2D eigenvalue weighted by atomic mass is 19.1. The van der Waals surface area contributed by atoms with Gasteiger partial charge in [-0.1, -0.05) is 25.1 Å². The highest BCUT2D eigenvalue weighted by Gasteiger charge is 2.37. The molecule has 1 heterocycles. The Hall–Kier alpha value is -2.11. The second-order valence-corrected chi connectivity index (χ2v) is 5.56. The molecule has 6 heteroatoms. The Kier molecular flexibility index (Phi) is 4.45. The Morgan fingerprint density at radius 2 is 2.05 bits per heavy atom. The lowest BCUT2D eigenvalue weighted by atomic mass is 9.99. The number of aliphatic carboxylic acids is 1. The van der Waals surface area contributed by atoms with Gasteiger partial charge in [-0.25, -0.2) is 9.18 Å². The van der Waals surface area contributed by atoms with Crippen molar-refractivity contribution in [2.24, 2.45) is 11.8 Å². The Morgan fingerprint density at radius 3 is 2.62 bits per heavy atom. The van der Waals surface area contributed by atoms with Crippen LogP contribution in [-0.2, 0) is 11.3 Å². The molecule has 0 aliphatic carbocycles. The fraction of sp³-hybridized carbons (Fsp3) is 0.467. The molecular weight excluding hydrogens is 275 g/mol. The first-order chi connectivity index (χ1) is 9.90. The molecule has 0 saturated carbocycles. The highest BCUT2D eigenvalue weighted by Crippen LogP contribution is 2.24. The van der Waals surface area contributed by atoms with Crippen LogP contribution in [0, 0.1) is 17.7 Å². The van der Waals surface area contributed by atoms with Crippen LogP contribution in [0.3, 0.4) is 0 Å². The summed E-state index contributed by atoms with van der Waals surface area (Å²) in [5.74, 6) is -1.84. The fourth-order valence-corrected chi connectivity index (χ4v) is 2.64. The third kappa shape index (κ3) is 3.32. The molecule has 2 atom stereocenters. The number of carboxylic acids is 1. The van der Waals surface area contributed by atoms with E-state index in [4.69, 9.17) is 5.11 Å². The minimum atomic E-state index is -0.880. The Morgan fingerprint density at radius 1 is 1.38 bits per heavy atom. The molecule has 5 nitrogen and oxygen atoms in total. The smallest absolute Gasteiger partial charge is 0.320 e. The Labute approximate surface area is 123 Å². The predicted octanol–water partition coefficient (Wildman–Crippen LogP) is 2.03. The molecule has 1 aliphatic heterocycles. The number of amides is 2. The number of carbonyl (C=O) groups is 2. The number of halogens is 1. The molecule has 1 aromatic carbocycles. The van der Waals surface area contributed by atoms with Gasteiger partial charge in [-0.15, -0.1) is 0 Å². The number of likely N-dealkylation sites (tertiary alicyclic amines) is 1. The molecule has 0 unspecified atom stereocenters. The lowest BCUT2D eigenvalue weighted by Gasteiger charge is -2.24. The van der Waals surface area contributed by atoms with Crippen LogP contribution in [0.2, 0.25) is 0 Å². The quantitative estimate of drug-likeness (QED) is 0.928. The van der Waals surface area contributed by atoms with Gasteiger partial charge < -0.3 is 14.9 Å². The van der Waals surface area contributed by atoms with Crippen molar-refractivity contribution < 1.29 is 19.1 Å². The van der Waals surface area contributed by atoms with Crippen molar-refractivity contribution >= 4 is 12.0 Å². The maximum absolute atomic E-state index is 13.6. The summed E-state index contributed by atoms with van der Waals surface area (Å²) in [7, 11) is 1.59. The van der Waals surface area contributed by atoms with E-state index in [1.807, 2.05) is 6.92 Å². The summed E-state index contributed by atoms with van der Waals surface area (Å²) in [4.78, 5) is 26.3. The standard InChI is InChI=1S/C15H19FN2O3/c1-10-7-18(9-12(10)14(19)20)15(21)17(2)8-11-5-3-4-6-13(11)16/h3-6,10,12H,7-9H2,1-2H3,(H,19,20)/t10-,12-/m1/s1. The molecule has 1 saturated heterocycles. The third-order valence-corrected chi connectivity index (χ3v) is 3.89. The van der Waals surface area contributed by atoms with Crippen molar-refractivity contribution in [3.05, 3.63) is 35.6 Å². The van der Waals surface area contributed by atoms with Crippen molar-refractivity contribution in [3.63, 3.8) is 0 Å². The van der Waals surface area contributed by atoms with E-state index in [-0.39, 0.29) is 30.9 Å². The Bertz CT molecular complexity index is 549. The second kappa shape index (κ2) is 6.11. The molecule has 1 aliphatic rings. The topological polar surface area (TPSA) is 60.9 Å². The van der Waals surface area contributed by atoms with Crippen molar-refractivity contribution in [3.8, 4) is 0 Å². The summed E-state index contributed by atoms with van der Waals surface area (Å²) in [6.45, 7) is 2.60. The molecule has 2 amide bonds. The molecule has 1 aromatic rings. The first kappa shape index (κ1) is 15.3. The number of carboxylic acid groups (broad SMARTS) is 1. The number of benzene rings is 1. The minimum absolute atomic E-state index is 0.0756. The normalized spacial score (nSPS) is 21.4. The van der Waals surface area contributed by atoms with Gasteiger partial charge in [0.25, 0.3) is 0 Å². The van der Waals surface area contributed by atoms with E-state index >= 15 is 0 Å². The van der Waals surface area contributed by atoms with Gasteiger partial charge in [0.1, 0.15) is 5.82 Å². The lowest BCUT2D eigenvalue weighted by molar-refractivity contribution is -0.142. The molecule has 0 aromatic heterocycles. The van der Waals surface area contributed by atoms with E-state index in [0.29, 0.717) is 12.1 Å². The molecule has 114 valence electrons. The van der Waals surface area contributed by atoms with Gasteiger partial charge in [0.05, 0.1) is 5.92 Å². The van der Waals surface area contributed by atoms with Gasteiger partial charge in [0, 0.05) is 32.2 Å². The van der Waals surface area contributed by atoms with Crippen LogP contribution in [0.1, 0.15) is 12.5 Å². The highest BCUT2D eigenvalue weighted by molar-refractivity contribution is 5.77. The van der Waals surface area contributed by atoms with E-state index in [2.05, 4.69) is 0 Å². The number of rotatable bonds is 3. The van der Waals surface area contributed by atoms with Crippen molar-refractivity contribution in [1.82, 2.24) is 9.80 Å². The van der Waals surface area contributed by atoms with Gasteiger partial charge in [0.2, 0.25) is 0 Å². The van der Waals surface area contributed by atoms with Crippen LogP contribution >= 0.6 is 0 Å². The average Bonchev–Trinajstić information content (AvgIpc) is 2.82. The van der Waals surface area contributed by atoms with Gasteiger partial charge in [-0.3, -0.25) is 4.79 Å². The number of nitrogens with zero attached hydrogens (tertiary/aromatic N) is 2. The maximum atomic E-state index is 13.6. The zero-order valence-corrected chi connectivity index (χ0v) is 12.1. The van der Waals surface area contributed by atoms with Crippen LogP contribution in [0.25, 0.3) is 0 Å².